The molecule has 0 aromatic carbocycles. The van der Waals surface area contributed by atoms with Crippen LogP contribution in [0.3, 0.4) is 0 Å². The van der Waals surface area contributed by atoms with Crippen molar-refractivity contribution in [1.82, 2.24) is 0 Å². The highest BCUT2D eigenvalue weighted by molar-refractivity contribution is 4.74. The van der Waals surface area contributed by atoms with Crippen molar-refractivity contribution in [2.24, 2.45) is 29.6 Å². The Morgan fingerprint density at radius 3 is 1.57 bits per heavy atom. The molecule has 0 heterocycles. The zero-order chi connectivity index (χ0) is 11.3. The van der Waals surface area contributed by atoms with Crippen LogP contribution in [-0.4, -0.2) is 0 Å². The van der Waals surface area contributed by atoms with Crippen molar-refractivity contribution in [2.45, 2.75) is 61.3 Å². The third-order valence-electron chi connectivity index (χ3n) is 3.95. The quantitative estimate of drug-likeness (QED) is 0.564. The molecular weight excluding hydrogens is 168 g/mol. The molecule has 0 aliphatic heterocycles. The van der Waals surface area contributed by atoms with Crippen molar-refractivity contribution in [3.8, 4) is 0 Å². The molecule has 0 saturated heterocycles. The van der Waals surface area contributed by atoms with Gasteiger partial charge in [-0.2, -0.15) is 0 Å². The zero-order valence-electron chi connectivity index (χ0n) is 11.3. The minimum absolute atomic E-state index is 0.825. The van der Waals surface area contributed by atoms with Crippen LogP contribution in [0.2, 0.25) is 0 Å². The van der Waals surface area contributed by atoms with Gasteiger partial charge in [0.2, 0.25) is 0 Å². The predicted molar refractivity (Wildman–Crippen MR) is 66.4 cm³/mol. The van der Waals surface area contributed by atoms with Crippen LogP contribution in [0, 0.1) is 29.6 Å². The van der Waals surface area contributed by atoms with Gasteiger partial charge in [0.1, 0.15) is 0 Å². The standard InChI is InChI=1S/C14H30/c1-8-12(6)9-14(11(4)5)13(7)10(2)3/h10-14H,8-9H2,1-7H3. The third-order valence-corrected chi connectivity index (χ3v) is 3.95. The second-order valence-corrected chi connectivity index (χ2v) is 5.76. The first kappa shape index (κ1) is 14.0. The molecule has 0 bridgehead atoms. The van der Waals surface area contributed by atoms with E-state index in [0.717, 1.165) is 29.6 Å². The Morgan fingerprint density at radius 1 is 0.786 bits per heavy atom. The van der Waals surface area contributed by atoms with Gasteiger partial charge in [0, 0.05) is 0 Å². The molecule has 0 aliphatic carbocycles. The Labute approximate surface area is 91.5 Å². The van der Waals surface area contributed by atoms with Crippen molar-refractivity contribution in [2.75, 3.05) is 0 Å². The molecule has 0 heteroatoms. The second-order valence-electron chi connectivity index (χ2n) is 5.76. The maximum absolute atomic E-state index is 2.43. The highest BCUT2D eigenvalue weighted by Crippen LogP contribution is 2.32. The fourth-order valence-electron chi connectivity index (χ4n) is 2.22. The SMILES string of the molecule is CCC(C)CC(C(C)C)C(C)C(C)C. The molecule has 0 fully saturated rings. The van der Waals surface area contributed by atoms with E-state index in [4.69, 9.17) is 0 Å². The minimum atomic E-state index is 0.825. The summed E-state index contributed by atoms with van der Waals surface area (Å²) < 4.78 is 0. The fraction of sp³-hybridized carbons (Fsp3) is 1.00. The van der Waals surface area contributed by atoms with Gasteiger partial charge in [0.15, 0.2) is 0 Å². The average molecular weight is 198 g/mol. The number of hydrogen-bond acceptors (Lipinski definition) is 0. The van der Waals surface area contributed by atoms with Crippen LogP contribution in [-0.2, 0) is 0 Å². The topological polar surface area (TPSA) is 0 Å². The molecule has 0 aromatic heterocycles. The van der Waals surface area contributed by atoms with E-state index in [1.165, 1.54) is 12.8 Å². The van der Waals surface area contributed by atoms with Crippen molar-refractivity contribution in [3.05, 3.63) is 0 Å². The van der Waals surface area contributed by atoms with Crippen molar-refractivity contribution in [1.29, 1.82) is 0 Å². The average Bonchev–Trinajstić information content (AvgIpc) is 2.11. The van der Waals surface area contributed by atoms with Gasteiger partial charge < -0.3 is 0 Å². The van der Waals surface area contributed by atoms with Gasteiger partial charge in [0.05, 0.1) is 0 Å². The van der Waals surface area contributed by atoms with Gasteiger partial charge in [-0.25, -0.2) is 0 Å². The molecule has 0 rings (SSSR count). The molecular formula is C14H30. The third kappa shape index (κ3) is 4.48. The molecule has 0 N–H and O–H groups in total. The molecule has 3 atom stereocenters. The lowest BCUT2D eigenvalue weighted by atomic mass is 9.74. The molecule has 14 heavy (non-hydrogen) atoms. The summed E-state index contributed by atoms with van der Waals surface area (Å²) in [6.07, 6.45) is 2.74. The van der Waals surface area contributed by atoms with E-state index in [1.807, 2.05) is 0 Å². The first-order valence-electron chi connectivity index (χ1n) is 6.40. The Bertz CT molecular complexity index is 135. The summed E-state index contributed by atoms with van der Waals surface area (Å²) in [4.78, 5) is 0. The van der Waals surface area contributed by atoms with Crippen LogP contribution < -0.4 is 0 Å². The molecule has 0 saturated carbocycles. The molecule has 86 valence electrons. The molecule has 0 radical (unpaired) electrons. The smallest absolute Gasteiger partial charge is 0.0360 e. The van der Waals surface area contributed by atoms with E-state index >= 15 is 0 Å². The van der Waals surface area contributed by atoms with E-state index < -0.39 is 0 Å². The van der Waals surface area contributed by atoms with Gasteiger partial charge in [-0.3, -0.25) is 0 Å². The number of rotatable bonds is 6. The van der Waals surface area contributed by atoms with Gasteiger partial charge in [-0.1, -0.05) is 54.9 Å². The van der Waals surface area contributed by atoms with Crippen LogP contribution in [0.4, 0.5) is 0 Å². The summed E-state index contributed by atoms with van der Waals surface area (Å²) in [5.74, 6) is 4.32. The maximum Gasteiger partial charge on any atom is -0.0360 e. The Kier molecular flexibility index (Phi) is 6.48. The lowest BCUT2D eigenvalue weighted by Crippen LogP contribution is -2.24. The van der Waals surface area contributed by atoms with Gasteiger partial charge in [-0.05, 0) is 36.0 Å². The molecule has 0 nitrogen and oxygen atoms in total. The first-order valence-corrected chi connectivity index (χ1v) is 6.40. The molecule has 0 spiro atoms. The van der Waals surface area contributed by atoms with E-state index in [1.54, 1.807) is 0 Å². The van der Waals surface area contributed by atoms with E-state index in [0.29, 0.717) is 0 Å². The molecule has 0 amide bonds. The Balaban J connectivity index is 4.29. The predicted octanol–water partition coefficient (Wildman–Crippen LogP) is 4.99. The van der Waals surface area contributed by atoms with Crippen molar-refractivity contribution < 1.29 is 0 Å². The van der Waals surface area contributed by atoms with Crippen LogP contribution >= 0.6 is 0 Å². The van der Waals surface area contributed by atoms with Crippen LogP contribution in [0.25, 0.3) is 0 Å². The van der Waals surface area contributed by atoms with E-state index in [-0.39, 0.29) is 0 Å². The Hall–Kier alpha value is 0. The first-order chi connectivity index (χ1) is 6.40. The second kappa shape index (κ2) is 6.48. The molecule has 0 aliphatic rings. The number of hydrogen-bond donors (Lipinski definition) is 0. The van der Waals surface area contributed by atoms with Crippen LogP contribution in [0.5, 0.6) is 0 Å². The minimum Gasteiger partial charge on any atom is -0.0651 e. The van der Waals surface area contributed by atoms with E-state index in [9.17, 15) is 0 Å². The summed E-state index contributed by atoms with van der Waals surface area (Å²) in [6.45, 7) is 16.6. The van der Waals surface area contributed by atoms with Crippen molar-refractivity contribution >= 4 is 0 Å². The summed E-state index contributed by atoms with van der Waals surface area (Å²) in [6, 6.07) is 0. The molecule has 0 aromatic rings. The maximum atomic E-state index is 2.43. The molecule has 3 unspecified atom stereocenters. The monoisotopic (exact) mass is 198 g/mol. The van der Waals surface area contributed by atoms with Crippen molar-refractivity contribution in [3.63, 3.8) is 0 Å². The summed E-state index contributed by atoms with van der Waals surface area (Å²) in [7, 11) is 0. The van der Waals surface area contributed by atoms with Gasteiger partial charge in [0.25, 0.3) is 0 Å². The van der Waals surface area contributed by atoms with E-state index in [2.05, 4.69) is 48.5 Å². The van der Waals surface area contributed by atoms with Gasteiger partial charge in [-0.15, -0.1) is 0 Å². The van der Waals surface area contributed by atoms with Crippen LogP contribution in [0.15, 0.2) is 0 Å². The highest BCUT2D eigenvalue weighted by atomic mass is 14.3. The lowest BCUT2D eigenvalue weighted by molar-refractivity contribution is 0.177. The zero-order valence-corrected chi connectivity index (χ0v) is 11.3. The van der Waals surface area contributed by atoms with Crippen LogP contribution in [0.1, 0.15) is 61.3 Å². The fourth-order valence-corrected chi connectivity index (χ4v) is 2.22. The Morgan fingerprint density at radius 2 is 1.29 bits per heavy atom. The summed E-state index contributed by atoms with van der Waals surface area (Å²) >= 11 is 0. The lowest BCUT2D eigenvalue weighted by Gasteiger charge is -2.32. The van der Waals surface area contributed by atoms with Gasteiger partial charge >= 0.3 is 0 Å². The summed E-state index contributed by atoms with van der Waals surface area (Å²) in [5.41, 5.74) is 0. The normalized spacial score (nSPS) is 18.6. The largest absolute Gasteiger partial charge is 0.0651 e. The highest BCUT2D eigenvalue weighted by Gasteiger charge is 2.24. The summed E-state index contributed by atoms with van der Waals surface area (Å²) in [5, 5.41) is 0.